The zero-order valence-corrected chi connectivity index (χ0v) is 14.5. The third kappa shape index (κ3) is 3.19. The zero-order valence-electron chi connectivity index (χ0n) is 10.5. The Labute approximate surface area is 138 Å². The van der Waals surface area contributed by atoms with Gasteiger partial charge in [0.25, 0.3) is 0 Å². The van der Waals surface area contributed by atoms with E-state index >= 15 is 0 Å². The van der Waals surface area contributed by atoms with Crippen molar-refractivity contribution in [3.8, 4) is 0 Å². The molecule has 0 aromatic heterocycles. The molecule has 2 aromatic carbocycles. The molecule has 0 unspecified atom stereocenters. The van der Waals surface area contributed by atoms with Crippen molar-refractivity contribution < 1.29 is 4.39 Å². The molecule has 0 spiro atoms. The Morgan fingerprint density at radius 1 is 1.20 bits per heavy atom. The average molecular weight is 418 g/mol. The molecule has 0 radical (unpaired) electrons. The third-order valence-electron chi connectivity index (χ3n) is 2.82. The van der Waals surface area contributed by atoms with Crippen molar-refractivity contribution in [2.45, 2.75) is 6.92 Å². The topological polar surface area (TPSA) is 38.0 Å². The summed E-state index contributed by atoms with van der Waals surface area (Å²) >= 11 is 11.5. The van der Waals surface area contributed by atoms with Crippen LogP contribution in [-0.4, -0.2) is 4.99 Å². The van der Waals surface area contributed by atoms with Gasteiger partial charge in [-0.1, -0.05) is 34.2 Å². The number of nitrogens with one attached hydrogen (secondary N) is 1. The van der Waals surface area contributed by atoms with Gasteiger partial charge >= 0.3 is 0 Å². The van der Waals surface area contributed by atoms with E-state index in [1.54, 1.807) is 12.1 Å². The lowest BCUT2D eigenvalue weighted by atomic mass is 10.1. The van der Waals surface area contributed by atoms with Crippen molar-refractivity contribution in [3.63, 3.8) is 0 Å². The number of anilines is 2. The first-order valence-corrected chi connectivity index (χ1v) is 7.70. The fourth-order valence-corrected chi connectivity index (χ4v) is 2.93. The van der Waals surface area contributed by atoms with Crippen LogP contribution < -0.4 is 11.1 Å². The van der Waals surface area contributed by atoms with Gasteiger partial charge in [0.2, 0.25) is 0 Å². The summed E-state index contributed by atoms with van der Waals surface area (Å²) in [4.78, 5) is 0.154. The summed E-state index contributed by atoms with van der Waals surface area (Å²) in [5.74, 6) is -0.422. The number of thiocarbonyl (C=S) groups is 1. The molecular weight excluding hydrogens is 407 g/mol. The van der Waals surface area contributed by atoms with Gasteiger partial charge in [0, 0.05) is 15.7 Å². The largest absolute Gasteiger partial charge is 0.389 e. The molecule has 6 heteroatoms. The lowest BCUT2D eigenvalue weighted by molar-refractivity contribution is 0.625. The summed E-state index contributed by atoms with van der Waals surface area (Å²) in [5.41, 5.74) is 8.22. The van der Waals surface area contributed by atoms with E-state index in [9.17, 15) is 4.39 Å². The molecule has 0 heterocycles. The minimum Gasteiger partial charge on any atom is -0.389 e. The summed E-state index contributed by atoms with van der Waals surface area (Å²) in [6.07, 6.45) is 0. The Kier molecular flexibility index (Phi) is 4.78. The van der Waals surface area contributed by atoms with E-state index in [1.807, 2.05) is 25.1 Å². The normalized spacial score (nSPS) is 10.4. The molecule has 0 aliphatic carbocycles. The molecular formula is C14H11Br2FN2S. The SMILES string of the molecule is Cc1ccc(Br)cc1Nc1ccc(C(N)=S)c(Br)c1F. The molecule has 0 saturated heterocycles. The highest BCUT2D eigenvalue weighted by molar-refractivity contribution is 9.10. The number of halogens is 3. The van der Waals surface area contributed by atoms with E-state index in [-0.39, 0.29) is 9.46 Å². The van der Waals surface area contributed by atoms with Gasteiger partial charge in [-0.05, 0) is 52.7 Å². The van der Waals surface area contributed by atoms with E-state index in [4.69, 9.17) is 18.0 Å². The van der Waals surface area contributed by atoms with Crippen molar-refractivity contribution in [3.05, 3.63) is 56.2 Å². The first kappa shape index (κ1) is 15.4. The number of benzene rings is 2. The van der Waals surface area contributed by atoms with Crippen LogP contribution in [0.5, 0.6) is 0 Å². The minimum atomic E-state index is -0.422. The predicted molar refractivity (Wildman–Crippen MR) is 92.1 cm³/mol. The van der Waals surface area contributed by atoms with Crippen LogP contribution >= 0.6 is 44.1 Å². The Hall–Kier alpha value is -0.980. The van der Waals surface area contributed by atoms with Crippen LogP contribution in [0.3, 0.4) is 0 Å². The Balaban J connectivity index is 2.42. The molecule has 0 atom stereocenters. The Morgan fingerprint density at radius 2 is 1.90 bits per heavy atom. The van der Waals surface area contributed by atoms with E-state index in [2.05, 4.69) is 37.2 Å². The minimum absolute atomic E-state index is 0.154. The van der Waals surface area contributed by atoms with Crippen molar-refractivity contribution in [1.29, 1.82) is 0 Å². The summed E-state index contributed by atoms with van der Waals surface area (Å²) in [5, 5.41) is 3.07. The molecule has 0 bridgehead atoms. The smallest absolute Gasteiger partial charge is 0.161 e. The van der Waals surface area contributed by atoms with Crippen LogP contribution in [0.15, 0.2) is 39.3 Å². The molecule has 0 aliphatic rings. The predicted octanol–water partition coefficient (Wildman–Crippen LogP) is 5.04. The number of rotatable bonds is 3. The van der Waals surface area contributed by atoms with Crippen LogP contribution in [0.25, 0.3) is 0 Å². The number of hydrogen-bond donors (Lipinski definition) is 2. The standard InChI is InChI=1S/C14H11Br2FN2S/c1-7-2-3-8(15)6-11(7)19-10-5-4-9(14(18)20)12(16)13(10)17/h2-6,19H,1H3,(H2,18,20). The van der Waals surface area contributed by atoms with Crippen molar-refractivity contribution in [2.24, 2.45) is 5.73 Å². The summed E-state index contributed by atoms with van der Waals surface area (Å²) in [6.45, 7) is 1.95. The fraction of sp³-hybridized carbons (Fsp3) is 0.0714. The zero-order chi connectivity index (χ0) is 14.9. The summed E-state index contributed by atoms with van der Waals surface area (Å²) < 4.78 is 15.5. The molecule has 2 rings (SSSR count). The summed E-state index contributed by atoms with van der Waals surface area (Å²) in [6, 6.07) is 9.08. The molecule has 3 N–H and O–H groups in total. The molecule has 2 nitrogen and oxygen atoms in total. The van der Waals surface area contributed by atoms with Crippen LogP contribution in [0, 0.1) is 12.7 Å². The Morgan fingerprint density at radius 3 is 2.55 bits per heavy atom. The monoisotopic (exact) mass is 416 g/mol. The molecule has 0 aliphatic heterocycles. The molecule has 20 heavy (non-hydrogen) atoms. The van der Waals surface area contributed by atoms with Gasteiger partial charge in [0.15, 0.2) is 5.82 Å². The van der Waals surface area contributed by atoms with Crippen LogP contribution in [0.1, 0.15) is 11.1 Å². The highest BCUT2D eigenvalue weighted by Crippen LogP contribution is 2.31. The molecule has 0 saturated carbocycles. The van der Waals surface area contributed by atoms with Crippen molar-refractivity contribution in [2.75, 3.05) is 5.32 Å². The van der Waals surface area contributed by atoms with Gasteiger partial charge in [-0.15, -0.1) is 0 Å². The van der Waals surface area contributed by atoms with Gasteiger partial charge in [-0.3, -0.25) is 0 Å². The second kappa shape index (κ2) is 6.20. The number of hydrogen-bond acceptors (Lipinski definition) is 2. The second-order valence-corrected chi connectivity index (χ2v) is 6.39. The highest BCUT2D eigenvalue weighted by atomic mass is 79.9. The van der Waals surface area contributed by atoms with Crippen LogP contribution in [-0.2, 0) is 0 Å². The lowest BCUT2D eigenvalue weighted by Crippen LogP contribution is -2.11. The van der Waals surface area contributed by atoms with Crippen molar-refractivity contribution >= 4 is 60.4 Å². The van der Waals surface area contributed by atoms with E-state index < -0.39 is 5.82 Å². The van der Waals surface area contributed by atoms with Gasteiger partial charge in [0.05, 0.1) is 10.2 Å². The van der Waals surface area contributed by atoms with Crippen molar-refractivity contribution in [1.82, 2.24) is 0 Å². The summed E-state index contributed by atoms with van der Waals surface area (Å²) in [7, 11) is 0. The molecule has 104 valence electrons. The van der Waals surface area contributed by atoms with Crippen LogP contribution in [0.2, 0.25) is 0 Å². The lowest BCUT2D eigenvalue weighted by Gasteiger charge is -2.13. The van der Waals surface area contributed by atoms with Gasteiger partial charge < -0.3 is 11.1 Å². The highest BCUT2D eigenvalue weighted by Gasteiger charge is 2.13. The van der Waals surface area contributed by atoms with Gasteiger partial charge in [-0.2, -0.15) is 0 Å². The average Bonchev–Trinajstić information content (AvgIpc) is 2.39. The first-order valence-electron chi connectivity index (χ1n) is 5.71. The quantitative estimate of drug-likeness (QED) is 0.687. The van der Waals surface area contributed by atoms with Gasteiger partial charge in [0.1, 0.15) is 4.99 Å². The molecule has 0 amide bonds. The maximum Gasteiger partial charge on any atom is 0.161 e. The molecule has 0 fully saturated rings. The fourth-order valence-electron chi connectivity index (χ4n) is 1.71. The van der Waals surface area contributed by atoms with E-state index in [0.717, 1.165) is 15.7 Å². The first-order chi connectivity index (χ1) is 9.40. The Bertz CT molecular complexity index is 689. The number of nitrogens with two attached hydrogens (primary N) is 1. The van der Waals surface area contributed by atoms with E-state index in [1.165, 1.54) is 0 Å². The van der Waals surface area contributed by atoms with Crippen LogP contribution in [0.4, 0.5) is 15.8 Å². The molecule has 2 aromatic rings. The number of aryl methyl sites for hydroxylation is 1. The maximum atomic E-state index is 14.3. The second-order valence-electron chi connectivity index (χ2n) is 4.24. The van der Waals surface area contributed by atoms with Gasteiger partial charge in [-0.25, -0.2) is 4.39 Å². The third-order valence-corrected chi connectivity index (χ3v) is 4.31. The van der Waals surface area contributed by atoms with E-state index in [0.29, 0.717) is 11.3 Å². The maximum absolute atomic E-state index is 14.3.